The molecule has 2 N–H and O–H groups in total. The molecule has 86 valence electrons. The second kappa shape index (κ2) is 5.28. The summed E-state index contributed by atoms with van der Waals surface area (Å²) in [5.74, 6) is 2.58. The van der Waals surface area contributed by atoms with Crippen LogP contribution in [0.25, 0.3) is 11.3 Å². The summed E-state index contributed by atoms with van der Waals surface area (Å²) in [5.41, 5.74) is 8.18. The van der Waals surface area contributed by atoms with E-state index in [2.05, 4.69) is 16.2 Å². The topological polar surface area (TPSA) is 56.7 Å². The fourth-order valence-electron chi connectivity index (χ4n) is 1.53. The number of benzene rings is 1. The minimum Gasteiger partial charge on any atom is -0.330 e. The molecule has 0 saturated carbocycles. The molecule has 0 unspecified atom stereocenters. The highest BCUT2D eigenvalue weighted by molar-refractivity contribution is 5.59. The summed E-state index contributed by atoms with van der Waals surface area (Å²) in [6.45, 7) is 1.46. The van der Waals surface area contributed by atoms with Crippen LogP contribution in [0.2, 0.25) is 0 Å². The van der Waals surface area contributed by atoms with Crippen molar-refractivity contribution in [3.8, 4) is 23.6 Å². The molecule has 17 heavy (non-hydrogen) atoms. The van der Waals surface area contributed by atoms with Crippen LogP contribution in [0.15, 0.2) is 30.5 Å². The Morgan fingerprint density at radius 1 is 1.29 bits per heavy atom. The second-order valence-corrected chi connectivity index (χ2v) is 3.73. The van der Waals surface area contributed by atoms with Gasteiger partial charge in [-0.15, -0.1) is 11.5 Å². The van der Waals surface area contributed by atoms with Crippen LogP contribution in [0.1, 0.15) is 12.0 Å². The minimum absolute atomic E-state index is 0.659. The van der Waals surface area contributed by atoms with Gasteiger partial charge in [-0.3, -0.25) is 4.68 Å². The first kappa shape index (κ1) is 11.4. The van der Waals surface area contributed by atoms with Gasteiger partial charge in [0.05, 0.1) is 6.20 Å². The van der Waals surface area contributed by atoms with Crippen molar-refractivity contribution in [2.45, 2.75) is 13.0 Å². The molecule has 0 amide bonds. The molecule has 1 aromatic carbocycles. The summed E-state index contributed by atoms with van der Waals surface area (Å²) in [5, 5.41) is 8.16. The molecule has 1 aromatic heterocycles. The number of nitrogens with zero attached hydrogens (tertiary/aromatic N) is 3. The molecule has 0 spiro atoms. The molecule has 4 nitrogen and oxygen atoms in total. The third kappa shape index (κ3) is 2.71. The monoisotopic (exact) mass is 226 g/mol. The van der Waals surface area contributed by atoms with Crippen molar-refractivity contribution in [3.05, 3.63) is 36.0 Å². The molecule has 0 aliphatic rings. The first-order valence-electron chi connectivity index (χ1n) is 5.50. The maximum Gasteiger partial charge on any atom is 0.113 e. The first-order valence-corrected chi connectivity index (χ1v) is 5.50. The van der Waals surface area contributed by atoms with Crippen molar-refractivity contribution < 1.29 is 0 Å². The molecule has 0 aliphatic carbocycles. The van der Waals surface area contributed by atoms with Gasteiger partial charge in [0.2, 0.25) is 0 Å². The zero-order valence-corrected chi connectivity index (χ0v) is 9.50. The van der Waals surface area contributed by atoms with E-state index in [1.54, 1.807) is 4.68 Å². The molecule has 0 aliphatic heterocycles. The van der Waals surface area contributed by atoms with Crippen molar-refractivity contribution in [2.75, 3.05) is 6.54 Å². The third-order valence-electron chi connectivity index (χ3n) is 2.48. The SMILES string of the molecule is C#Cc1ccc(-c2cn(CCCN)nn2)cc1. The van der Waals surface area contributed by atoms with Crippen LogP contribution >= 0.6 is 0 Å². The molecule has 0 atom stereocenters. The Hall–Kier alpha value is -2.12. The predicted molar refractivity (Wildman–Crippen MR) is 67.1 cm³/mol. The molecular weight excluding hydrogens is 212 g/mol. The lowest BCUT2D eigenvalue weighted by Gasteiger charge is -1.97. The fraction of sp³-hybridized carbons (Fsp3) is 0.231. The molecule has 1 heterocycles. The van der Waals surface area contributed by atoms with Crippen molar-refractivity contribution in [1.82, 2.24) is 15.0 Å². The Balaban J connectivity index is 2.16. The van der Waals surface area contributed by atoms with E-state index >= 15 is 0 Å². The predicted octanol–water partition coefficient (Wildman–Crippen LogP) is 1.28. The molecule has 4 heteroatoms. The van der Waals surface area contributed by atoms with Crippen LogP contribution in [-0.4, -0.2) is 21.5 Å². The largest absolute Gasteiger partial charge is 0.330 e. The van der Waals surface area contributed by atoms with Gasteiger partial charge in [0.25, 0.3) is 0 Å². The van der Waals surface area contributed by atoms with Crippen LogP contribution in [0.4, 0.5) is 0 Å². The number of aryl methyl sites for hydroxylation is 1. The lowest BCUT2D eigenvalue weighted by atomic mass is 10.1. The highest BCUT2D eigenvalue weighted by atomic mass is 15.4. The Kier molecular flexibility index (Phi) is 3.53. The quantitative estimate of drug-likeness (QED) is 0.799. The number of rotatable bonds is 4. The van der Waals surface area contributed by atoms with E-state index in [9.17, 15) is 0 Å². The minimum atomic E-state index is 0.659. The zero-order valence-electron chi connectivity index (χ0n) is 9.50. The number of hydrogen-bond donors (Lipinski definition) is 1. The average Bonchev–Trinajstić information content (AvgIpc) is 2.85. The average molecular weight is 226 g/mol. The van der Waals surface area contributed by atoms with Gasteiger partial charge < -0.3 is 5.73 Å². The van der Waals surface area contributed by atoms with Crippen molar-refractivity contribution in [1.29, 1.82) is 0 Å². The van der Waals surface area contributed by atoms with Gasteiger partial charge in [0, 0.05) is 17.7 Å². The fourth-order valence-corrected chi connectivity index (χ4v) is 1.53. The van der Waals surface area contributed by atoms with Crippen molar-refractivity contribution >= 4 is 0 Å². The molecular formula is C13H14N4. The van der Waals surface area contributed by atoms with E-state index in [0.717, 1.165) is 29.8 Å². The highest BCUT2D eigenvalue weighted by Crippen LogP contribution is 2.16. The van der Waals surface area contributed by atoms with Crippen LogP contribution in [0.3, 0.4) is 0 Å². The van der Waals surface area contributed by atoms with E-state index < -0.39 is 0 Å². The Morgan fingerprint density at radius 3 is 2.71 bits per heavy atom. The van der Waals surface area contributed by atoms with Crippen LogP contribution in [0.5, 0.6) is 0 Å². The standard InChI is InChI=1S/C13H14N4/c1-2-11-4-6-12(7-5-11)13-10-17(16-15-13)9-3-8-14/h1,4-7,10H,3,8-9,14H2. The number of aromatic nitrogens is 3. The smallest absolute Gasteiger partial charge is 0.113 e. The molecule has 0 radical (unpaired) electrons. The van der Waals surface area contributed by atoms with Gasteiger partial charge in [-0.05, 0) is 25.1 Å². The Bertz CT molecular complexity index is 519. The molecule has 0 bridgehead atoms. The Morgan fingerprint density at radius 2 is 2.06 bits per heavy atom. The lowest BCUT2D eigenvalue weighted by molar-refractivity contribution is 0.564. The van der Waals surface area contributed by atoms with Gasteiger partial charge in [0.15, 0.2) is 0 Å². The van der Waals surface area contributed by atoms with E-state index in [0.29, 0.717) is 6.54 Å². The van der Waals surface area contributed by atoms with E-state index in [1.807, 2.05) is 30.5 Å². The maximum absolute atomic E-state index is 5.45. The van der Waals surface area contributed by atoms with Gasteiger partial charge in [-0.25, -0.2) is 0 Å². The summed E-state index contributed by atoms with van der Waals surface area (Å²) in [6.07, 6.45) is 8.12. The number of terminal acetylenes is 1. The van der Waals surface area contributed by atoms with Gasteiger partial charge >= 0.3 is 0 Å². The summed E-state index contributed by atoms with van der Waals surface area (Å²) >= 11 is 0. The molecule has 0 fully saturated rings. The molecule has 2 rings (SSSR count). The summed E-state index contributed by atoms with van der Waals surface area (Å²) in [4.78, 5) is 0. The molecule has 2 aromatic rings. The van der Waals surface area contributed by atoms with Gasteiger partial charge in [-0.1, -0.05) is 23.3 Å². The van der Waals surface area contributed by atoms with Crippen LogP contribution in [-0.2, 0) is 6.54 Å². The van der Waals surface area contributed by atoms with Crippen molar-refractivity contribution in [3.63, 3.8) is 0 Å². The zero-order chi connectivity index (χ0) is 12.1. The van der Waals surface area contributed by atoms with Gasteiger partial charge in [-0.2, -0.15) is 0 Å². The summed E-state index contributed by atoms with van der Waals surface area (Å²) in [7, 11) is 0. The normalized spacial score (nSPS) is 10.1. The van der Waals surface area contributed by atoms with Gasteiger partial charge in [0.1, 0.15) is 5.69 Å². The van der Waals surface area contributed by atoms with E-state index in [4.69, 9.17) is 12.2 Å². The summed E-state index contributed by atoms with van der Waals surface area (Å²) in [6, 6.07) is 7.70. The first-order chi connectivity index (χ1) is 8.33. The third-order valence-corrected chi connectivity index (χ3v) is 2.48. The lowest BCUT2D eigenvalue weighted by Crippen LogP contribution is -2.06. The molecule has 0 saturated heterocycles. The van der Waals surface area contributed by atoms with E-state index in [1.165, 1.54) is 0 Å². The highest BCUT2D eigenvalue weighted by Gasteiger charge is 2.03. The van der Waals surface area contributed by atoms with Crippen LogP contribution in [0, 0.1) is 12.3 Å². The number of nitrogens with two attached hydrogens (primary N) is 1. The summed E-state index contributed by atoms with van der Waals surface area (Å²) < 4.78 is 1.80. The Labute approximate surface area is 100 Å². The van der Waals surface area contributed by atoms with Crippen molar-refractivity contribution in [2.24, 2.45) is 5.73 Å². The second-order valence-electron chi connectivity index (χ2n) is 3.73. The van der Waals surface area contributed by atoms with E-state index in [-0.39, 0.29) is 0 Å². The van der Waals surface area contributed by atoms with Crippen LogP contribution < -0.4 is 5.73 Å². The number of hydrogen-bond acceptors (Lipinski definition) is 3. The maximum atomic E-state index is 5.45.